The van der Waals surface area contributed by atoms with E-state index >= 15 is 0 Å². The van der Waals surface area contributed by atoms with Gasteiger partial charge in [0.05, 0.1) is 11.1 Å². The molecule has 1 unspecified atom stereocenters. The molecule has 33 heavy (non-hydrogen) atoms. The third-order valence-corrected chi connectivity index (χ3v) is 6.81. The van der Waals surface area contributed by atoms with E-state index in [0.29, 0.717) is 16.8 Å². The van der Waals surface area contributed by atoms with Crippen molar-refractivity contribution in [3.8, 4) is 0 Å². The summed E-state index contributed by atoms with van der Waals surface area (Å²) in [6, 6.07) is 17.3. The summed E-state index contributed by atoms with van der Waals surface area (Å²) < 4.78 is 0. The van der Waals surface area contributed by atoms with E-state index in [1.165, 1.54) is 6.42 Å². The lowest BCUT2D eigenvalue weighted by atomic mass is 10.0. The molecule has 0 saturated carbocycles. The fraction of sp³-hybridized carbons (Fsp3) is 0.370. The highest BCUT2D eigenvalue weighted by molar-refractivity contribution is 6.09. The fourth-order valence-electron chi connectivity index (χ4n) is 4.90. The maximum atomic E-state index is 13.3. The maximum absolute atomic E-state index is 13.3. The summed E-state index contributed by atoms with van der Waals surface area (Å²) in [5, 5.41) is 3.96. The van der Waals surface area contributed by atoms with Crippen LogP contribution >= 0.6 is 0 Å². The van der Waals surface area contributed by atoms with Crippen LogP contribution < -0.4 is 10.2 Å². The highest BCUT2D eigenvalue weighted by Gasteiger charge is 2.25. The van der Waals surface area contributed by atoms with Crippen LogP contribution in [0.15, 0.2) is 54.6 Å². The lowest BCUT2D eigenvalue weighted by Gasteiger charge is -2.33. The Bertz CT molecular complexity index is 1170. The van der Waals surface area contributed by atoms with E-state index in [9.17, 15) is 9.59 Å². The first kappa shape index (κ1) is 21.4. The summed E-state index contributed by atoms with van der Waals surface area (Å²) in [7, 11) is 0. The highest BCUT2D eigenvalue weighted by atomic mass is 16.2. The van der Waals surface area contributed by atoms with E-state index in [0.717, 1.165) is 62.0 Å². The van der Waals surface area contributed by atoms with Crippen molar-refractivity contribution in [2.24, 2.45) is 0 Å². The number of aromatic nitrogens is 1. The first-order valence-electron chi connectivity index (χ1n) is 12.0. The molecular formula is C27H30N4O2. The molecule has 2 amide bonds. The quantitative estimate of drug-likeness (QED) is 0.610. The molecule has 3 heterocycles. The smallest absolute Gasteiger partial charge is 0.259 e. The second kappa shape index (κ2) is 9.22. The zero-order chi connectivity index (χ0) is 22.8. The zero-order valence-electron chi connectivity index (χ0n) is 19.1. The molecule has 0 aliphatic carbocycles. The number of likely N-dealkylation sites (tertiary alicyclic amines) is 1. The van der Waals surface area contributed by atoms with Gasteiger partial charge in [-0.25, -0.2) is 4.98 Å². The Kier molecular flexibility index (Phi) is 5.99. The molecule has 6 nitrogen and oxygen atoms in total. The number of amides is 2. The standard InChI is InChI=1S/C27H30N4O2/c1-19-8-4-5-17-31(19)27(33)20-11-13-22(14-12-20)28-26(32)23-18-21-9-2-3-10-24(21)29-25(23)30-15-6-7-16-30/h2-3,9-14,18-19H,4-8,15-17H2,1H3,(H,28,32). The van der Waals surface area contributed by atoms with Crippen LogP contribution in [-0.2, 0) is 0 Å². The van der Waals surface area contributed by atoms with Gasteiger partial charge in [0.2, 0.25) is 0 Å². The first-order chi connectivity index (χ1) is 16.1. The molecule has 2 fully saturated rings. The van der Waals surface area contributed by atoms with Gasteiger partial charge in [-0.2, -0.15) is 0 Å². The molecule has 3 aromatic rings. The van der Waals surface area contributed by atoms with E-state index in [1.54, 1.807) is 12.1 Å². The summed E-state index contributed by atoms with van der Waals surface area (Å²) in [5.41, 5.74) is 2.80. The van der Waals surface area contributed by atoms with Gasteiger partial charge in [-0.3, -0.25) is 9.59 Å². The Morgan fingerprint density at radius 3 is 2.42 bits per heavy atom. The molecule has 2 aliphatic rings. The molecule has 1 atom stereocenters. The van der Waals surface area contributed by atoms with Gasteiger partial charge in [0.25, 0.3) is 11.8 Å². The van der Waals surface area contributed by atoms with E-state index in [-0.39, 0.29) is 17.9 Å². The molecule has 170 valence electrons. The van der Waals surface area contributed by atoms with Gasteiger partial charge in [0.1, 0.15) is 5.82 Å². The molecule has 2 aromatic carbocycles. The van der Waals surface area contributed by atoms with Crippen LogP contribution in [0.5, 0.6) is 0 Å². The monoisotopic (exact) mass is 442 g/mol. The number of fused-ring (bicyclic) bond motifs is 1. The second-order valence-corrected chi connectivity index (χ2v) is 9.12. The van der Waals surface area contributed by atoms with Gasteiger partial charge in [0, 0.05) is 42.3 Å². The number of rotatable bonds is 4. The number of carbonyl (C=O) groups is 2. The minimum atomic E-state index is -0.182. The molecule has 2 aliphatic heterocycles. The van der Waals surface area contributed by atoms with Crippen molar-refractivity contribution in [1.82, 2.24) is 9.88 Å². The number of benzene rings is 2. The van der Waals surface area contributed by atoms with Gasteiger partial charge in [0.15, 0.2) is 0 Å². The summed E-state index contributed by atoms with van der Waals surface area (Å²) >= 11 is 0. The minimum Gasteiger partial charge on any atom is -0.356 e. The van der Waals surface area contributed by atoms with E-state index in [1.807, 2.05) is 47.4 Å². The SMILES string of the molecule is CC1CCCCN1C(=O)c1ccc(NC(=O)c2cc3ccccc3nc2N2CCCC2)cc1. The van der Waals surface area contributed by atoms with Crippen molar-refractivity contribution in [3.05, 3.63) is 65.7 Å². The Morgan fingerprint density at radius 1 is 0.939 bits per heavy atom. The Labute approximate surface area is 194 Å². The average molecular weight is 443 g/mol. The number of anilines is 2. The number of hydrogen-bond acceptors (Lipinski definition) is 4. The maximum Gasteiger partial charge on any atom is 0.259 e. The second-order valence-electron chi connectivity index (χ2n) is 9.12. The van der Waals surface area contributed by atoms with Crippen LogP contribution in [0.1, 0.15) is 59.7 Å². The van der Waals surface area contributed by atoms with Crippen molar-refractivity contribution < 1.29 is 9.59 Å². The highest BCUT2D eigenvalue weighted by Crippen LogP contribution is 2.28. The molecule has 0 radical (unpaired) electrons. The van der Waals surface area contributed by atoms with Gasteiger partial charge < -0.3 is 15.1 Å². The Hall–Kier alpha value is -3.41. The third-order valence-electron chi connectivity index (χ3n) is 6.81. The fourth-order valence-corrected chi connectivity index (χ4v) is 4.90. The minimum absolute atomic E-state index is 0.0649. The van der Waals surface area contributed by atoms with Crippen molar-refractivity contribution in [3.63, 3.8) is 0 Å². The van der Waals surface area contributed by atoms with Crippen LogP contribution in [0.4, 0.5) is 11.5 Å². The topological polar surface area (TPSA) is 65.5 Å². The normalized spacial score (nSPS) is 18.5. The Balaban J connectivity index is 1.37. The van der Waals surface area contributed by atoms with E-state index < -0.39 is 0 Å². The summed E-state index contributed by atoms with van der Waals surface area (Å²) in [5.74, 6) is 0.628. The lowest BCUT2D eigenvalue weighted by molar-refractivity contribution is 0.0635. The van der Waals surface area contributed by atoms with E-state index in [2.05, 4.69) is 17.1 Å². The number of pyridine rings is 1. The number of para-hydroxylation sites is 1. The molecule has 0 bridgehead atoms. The number of carbonyl (C=O) groups excluding carboxylic acids is 2. The predicted molar refractivity (Wildman–Crippen MR) is 132 cm³/mol. The summed E-state index contributed by atoms with van der Waals surface area (Å²) in [6.45, 7) is 4.75. The lowest BCUT2D eigenvalue weighted by Crippen LogP contribution is -2.42. The van der Waals surface area contributed by atoms with E-state index in [4.69, 9.17) is 4.98 Å². The number of nitrogens with zero attached hydrogens (tertiary/aromatic N) is 3. The van der Waals surface area contributed by atoms with Crippen LogP contribution in [-0.4, -0.2) is 47.4 Å². The molecule has 1 N–H and O–H groups in total. The van der Waals surface area contributed by atoms with Crippen LogP contribution in [0.3, 0.4) is 0 Å². The number of nitrogens with one attached hydrogen (secondary N) is 1. The van der Waals surface area contributed by atoms with Gasteiger partial charge in [-0.05, 0) is 75.4 Å². The van der Waals surface area contributed by atoms with Gasteiger partial charge >= 0.3 is 0 Å². The number of piperidine rings is 1. The summed E-state index contributed by atoms with van der Waals surface area (Å²) in [4.78, 5) is 35.2. The van der Waals surface area contributed by atoms with Crippen molar-refractivity contribution >= 4 is 34.2 Å². The number of hydrogen-bond donors (Lipinski definition) is 1. The molecule has 0 spiro atoms. The van der Waals surface area contributed by atoms with Crippen LogP contribution in [0, 0.1) is 0 Å². The predicted octanol–water partition coefficient (Wildman–Crippen LogP) is 5.10. The largest absolute Gasteiger partial charge is 0.356 e. The van der Waals surface area contributed by atoms with Crippen molar-refractivity contribution in [2.45, 2.75) is 45.1 Å². The zero-order valence-corrected chi connectivity index (χ0v) is 19.1. The molecular weight excluding hydrogens is 412 g/mol. The molecule has 5 rings (SSSR count). The first-order valence-corrected chi connectivity index (χ1v) is 12.0. The van der Waals surface area contributed by atoms with Gasteiger partial charge in [-0.15, -0.1) is 0 Å². The van der Waals surface area contributed by atoms with Gasteiger partial charge in [-0.1, -0.05) is 18.2 Å². The third kappa shape index (κ3) is 4.42. The van der Waals surface area contributed by atoms with Crippen molar-refractivity contribution in [2.75, 3.05) is 29.9 Å². The van der Waals surface area contributed by atoms with Crippen LogP contribution in [0.25, 0.3) is 10.9 Å². The molecule has 1 aromatic heterocycles. The molecule has 2 saturated heterocycles. The van der Waals surface area contributed by atoms with Crippen molar-refractivity contribution in [1.29, 1.82) is 0 Å². The molecule has 6 heteroatoms. The Morgan fingerprint density at radius 2 is 1.67 bits per heavy atom. The average Bonchev–Trinajstić information content (AvgIpc) is 3.38. The van der Waals surface area contributed by atoms with Crippen LogP contribution in [0.2, 0.25) is 0 Å². The summed E-state index contributed by atoms with van der Waals surface area (Å²) in [6.07, 6.45) is 5.52.